The van der Waals surface area contributed by atoms with E-state index >= 15 is 0 Å². The molecule has 2 aromatic carbocycles. The van der Waals surface area contributed by atoms with Gasteiger partial charge >= 0.3 is 5.97 Å². The molecule has 1 aliphatic heterocycles. The Morgan fingerprint density at radius 1 is 1.14 bits per heavy atom. The Labute approximate surface area is 166 Å². The molecule has 0 saturated carbocycles. The fourth-order valence-electron chi connectivity index (χ4n) is 3.29. The van der Waals surface area contributed by atoms with Gasteiger partial charge in [0.2, 0.25) is 5.43 Å². The number of ether oxygens (including phenoxy) is 3. The summed E-state index contributed by atoms with van der Waals surface area (Å²) in [4.78, 5) is 24.3. The normalized spacial score (nSPS) is 13.9. The van der Waals surface area contributed by atoms with Gasteiger partial charge in [0.15, 0.2) is 17.6 Å². The zero-order valence-electron chi connectivity index (χ0n) is 16.1. The fraction of sp³-hybridized carbons (Fsp3) is 0.273. The van der Waals surface area contributed by atoms with Crippen molar-refractivity contribution >= 4 is 16.9 Å². The minimum absolute atomic E-state index is 0.169. The minimum Gasteiger partial charge on any atom is -0.486 e. The molecule has 150 valence electrons. The standard InChI is InChI=1S/C22H20O7/c1-3-16-20(13-4-7-17-19(10-13)27-9-8-26-17)21(23)15-6-5-14(11-18(15)29-16)28-12(2)22(24)25/h4-7,10-12H,3,8-9H2,1-2H3,(H,24,25)/t12-/m1/s1. The lowest BCUT2D eigenvalue weighted by molar-refractivity contribution is -0.144. The predicted octanol–water partition coefficient (Wildman–Crippen LogP) is 3.65. The van der Waals surface area contributed by atoms with Crippen molar-refractivity contribution in [1.29, 1.82) is 0 Å². The van der Waals surface area contributed by atoms with E-state index in [4.69, 9.17) is 23.7 Å². The largest absolute Gasteiger partial charge is 0.486 e. The zero-order chi connectivity index (χ0) is 20.5. The summed E-state index contributed by atoms with van der Waals surface area (Å²) >= 11 is 0. The maximum Gasteiger partial charge on any atom is 0.344 e. The van der Waals surface area contributed by atoms with Gasteiger partial charge in [0.25, 0.3) is 0 Å². The highest BCUT2D eigenvalue weighted by Crippen LogP contribution is 2.35. The van der Waals surface area contributed by atoms with Crippen LogP contribution in [0.2, 0.25) is 0 Å². The third kappa shape index (κ3) is 3.51. The molecule has 0 bridgehead atoms. The van der Waals surface area contributed by atoms with Crippen molar-refractivity contribution in [1.82, 2.24) is 0 Å². The van der Waals surface area contributed by atoms with Crippen molar-refractivity contribution in [3.8, 4) is 28.4 Å². The summed E-state index contributed by atoms with van der Waals surface area (Å²) in [6.45, 7) is 4.29. The van der Waals surface area contributed by atoms with Crippen molar-refractivity contribution in [3.05, 3.63) is 52.4 Å². The Morgan fingerprint density at radius 2 is 1.90 bits per heavy atom. The lowest BCUT2D eigenvalue weighted by atomic mass is 10.0. The number of benzene rings is 2. The Hall–Kier alpha value is -3.48. The molecule has 7 nitrogen and oxygen atoms in total. The summed E-state index contributed by atoms with van der Waals surface area (Å²) in [6.07, 6.45) is -0.507. The molecule has 1 aliphatic rings. The van der Waals surface area contributed by atoms with Crippen LogP contribution in [0.15, 0.2) is 45.6 Å². The van der Waals surface area contributed by atoms with Crippen LogP contribution in [0, 0.1) is 0 Å². The lowest BCUT2D eigenvalue weighted by Gasteiger charge is -2.19. The number of aryl methyl sites for hydroxylation is 1. The van der Waals surface area contributed by atoms with Gasteiger partial charge < -0.3 is 23.7 Å². The number of rotatable bonds is 5. The maximum atomic E-state index is 13.3. The molecule has 0 aliphatic carbocycles. The molecule has 4 rings (SSSR count). The first kappa shape index (κ1) is 18.9. The first-order valence-corrected chi connectivity index (χ1v) is 9.37. The Bertz CT molecular complexity index is 1150. The number of hydrogen-bond acceptors (Lipinski definition) is 6. The van der Waals surface area contributed by atoms with Crippen LogP contribution in [0.1, 0.15) is 19.6 Å². The van der Waals surface area contributed by atoms with Crippen LogP contribution in [0.4, 0.5) is 0 Å². The van der Waals surface area contributed by atoms with Gasteiger partial charge in [-0.3, -0.25) is 4.79 Å². The van der Waals surface area contributed by atoms with Crippen molar-refractivity contribution in [2.24, 2.45) is 0 Å². The van der Waals surface area contributed by atoms with E-state index in [1.807, 2.05) is 13.0 Å². The van der Waals surface area contributed by atoms with Crippen molar-refractivity contribution in [3.63, 3.8) is 0 Å². The van der Waals surface area contributed by atoms with Crippen LogP contribution in [0.3, 0.4) is 0 Å². The van der Waals surface area contributed by atoms with E-state index in [2.05, 4.69) is 0 Å². The number of carboxylic acid groups (broad SMARTS) is 1. The second-order valence-electron chi connectivity index (χ2n) is 6.70. The molecule has 0 saturated heterocycles. The van der Waals surface area contributed by atoms with Gasteiger partial charge in [0.05, 0.1) is 10.9 Å². The SMILES string of the molecule is CCc1oc2cc(O[C@H](C)C(=O)O)ccc2c(=O)c1-c1ccc2c(c1)OCCO2. The molecule has 0 spiro atoms. The second-order valence-corrected chi connectivity index (χ2v) is 6.70. The summed E-state index contributed by atoms with van der Waals surface area (Å²) in [5, 5.41) is 9.40. The van der Waals surface area contributed by atoms with Gasteiger partial charge in [0, 0.05) is 12.5 Å². The number of hydrogen-bond donors (Lipinski definition) is 1. The first-order chi connectivity index (χ1) is 14.0. The van der Waals surface area contributed by atoms with Gasteiger partial charge in [-0.2, -0.15) is 0 Å². The molecule has 0 amide bonds. The molecular weight excluding hydrogens is 376 g/mol. The molecule has 2 heterocycles. The quantitative estimate of drug-likeness (QED) is 0.703. The van der Waals surface area contributed by atoms with Crippen LogP contribution in [0.5, 0.6) is 17.2 Å². The third-order valence-electron chi connectivity index (χ3n) is 4.75. The Kier molecular flexibility index (Phi) is 4.88. The van der Waals surface area contributed by atoms with E-state index in [-0.39, 0.29) is 5.43 Å². The predicted molar refractivity (Wildman–Crippen MR) is 106 cm³/mol. The van der Waals surface area contributed by atoms with Gasteiger partial charge in [-0.1, -0.05) is 13.0 Å². The van der Waals surface area contributed by atoms with E-state index in [1.165, 1.54) is 6.92 Å². The fourth-order valence-corrected chi connectivity index (χ4v) is 3.29. The molecule has 1 N–H and O–H groups in total. The van der Waals surface area contributed by atoms with Crippen LogP contribution in [-0.2, 0) is 11.2 Å². The van der Waals surface area contributed by atoms with E-state index < -0.39 is 12.1 Å². The molecule has 3 aromatic rings. The highest BCUT2D eigenvalue weighted by atomic mass is 16.6. The topological polar surface area (TPSA) is 95.2 Å². The smallest absolute Gasteiger partial charge is 0.344 e. The molecule has 0 fully saturated rings. The highest BCUT2D eigenvalue weighted by molar-refractivity contribution is 5.84. The molecule has 1 aromatic heterocycles. The van der Waals surface area contributed by atoms with Crippen molar-refractivity contribution in [2.75, 3.05) is 13.2 Å². The zero-order valence-corrected chi connectivity index (χ0v) is 16.1. The summed E-state index contributed by atoms with van der Waals surface area (Å²) < 4.78 is 22.6. The molecule has 7 heteroatoms. The van der Waals surface area contributed by atoms with Crippen LogP contribution < -0.4 is 19.6 Å². The molecule has 0 unspecified atom stereocenters. The highest BCUT2D eigenvalue weighted by Gasteiger charge is 2.20. The third-order valence-corrected chi connectivity index (χ3v) is 4.75. The van der Waals surface area contributed by atoms with Gasteiger partial charge in [-0.25, -0.2) is 4.79 Å². The van der Waals surface area contributed by atoms with Crippen LogP contribution in [-0.4, -0.2) is 30.4 Å². The minimum atomic E-state index is -1.07. The molecule has 29 heavy (non-hydrogen) atoms. The first-order valence-electron chi connectivity index (χ1n) is 9.37. The average Bonchev–Trinajstić information content (AvgIpc) is 2.73. The van der Waals surface area contributed by atoms with E-state index in [1.54, 1.807) is 30.3 Å². The second kappa shape index (κ2) is 7.50. The Morgan fingerprint density at radius 3 is 2.62 bits per heavy atom. The summed E-state index contributed by atoms with van der Waals surface area (Å²) in [5.74, 6) is 1.03. The maximum absolute atomic E-state index is 13.3. The van der Waals surface area contributed by atoms with E-state index in [0.717, 1.165) is 0 Å². The average molecular weight is 396 g/mol. The van der Waals surface area contributed by atoms with Gasteiger partial charge in [-0.05, 0) is 36.8 Å². The van der Waals surface area contributed by atoms with E-state index in [9.17, 15) is 9.59 Å². The summed E-state index contributed by atoms with van der Waals surface area (Å²) in [6, 6.07) is 10.1. The number of carbonyl (C=O) groups is 1. The lowest BCUT2D eigenvalue weighted by Crippen LogP contribution is -2.22. The van der Waals surface area contributed by atoms with Crippen LogP contribution >= 0.6 is 0 Å². The number of carboxylic acids is 1. The molecule has 0 radical (unpaired) electrons. The van der Waals surface area contributed by atoms with Gasteiger partial charge in [0.1, 0.15) is 30.3 Å². The summed E-state index contributed by atoms with van der Waals surface area (Å²) in [7, 11) is 0. The monoisotopic (exact) mass is 396 g/mol. The van der Waals surface area contributed by atoms with E-state index in [0.29, 0.717) is 64.7 Å². The van der Waals surface area contributed by atoms with Crippen molar-refractivity contribution < 1.29 is 28.5 Å². The number of aliphatic carboxylic acids is 1. The number of fused-ring (bicyclic) bond motifs is 2. The Balaban J connectivity index is 1.82. The van der Waals surface area contributed by atoms with Crippen LogP contribution in [0.25, 0.3) is 22.1 Å². The van der Waals surface area contributed by atoms with Gasteiger partial charge in [-0.15, -0.1) is 0 Å². The molecular formula is C22H20O7. The van der Waals surface area contributed by atoms with Crippen molar-refractivity contribution in [2.45, 2.75) is 26.4 Å². The molecule has 1 atom stereocenters. The summed E-state index contributed by atoms with van der Waals surface area (Å²) in [5.41, 5.74) is 1.35.